The average Bonchev–Trinajstić information content (AvgIpc) is 2.62. The first-order valence-corrected chi connectivity index (χ1v) is 8.93. The minimum absolute atomic E-state index is 0.684. The normalized spacial score (nSPS) is 15.0. The van der Waals surface area contributed by atoms with Crippen molar-refractivity contribution < 1.29 is 4.74 Å². The molecule has 122 valence electrons. The van der Waals surface area contributed by atoms with Gasteiger partial charge < -0.3 is 9.64 Å². The molecule has 1 aliphatic heterocycles. The van der Waals surface area contributed by atoms with Gasteiger partial charge in [0.05, 0.1) is 30.1 Å². The molecule has 1 saturated heterocycles. The maximum atomic E-state index is 6.18. The zero-order valence-electron chi connectivity index (χ0n) is 12.9. The first-order chi connectivity index (χ1) is 11.7. The van der Waals surface area contributed by atoms with Gasteiger partial charge in [-0.3, -0.25) is 4.98 Å². The molecule has 0 aliphatic carbocycles. The maximum absolute atomic E-state index is 6.18. The van der Waals surface area contributed by atoms with Gasteiger partial charge in [0.2, 0.25) is 0 Å². The molecule has 1 aliphatic rings. The number of benzene rings is 1. The molecule has 0 saturated carbocycles. The molecule has 0 N–H and O–H groups in total. The quantitative estimate of drug-likeness (QED) is 0.628. The molecule has 4 nitrogen and oxygen atoms in total. The van der Waals surface area contributed by atoms with Gasteiger partial charge in [-0.1, -0.05) is 11.6 Å². The molecule has 4 rings (SSSR count). The molecule has 0 bridgehead atoms. The Labute approximate surface area is 153 Å². The number of anilines is 1. The Kier molecular flexibility index (Phi) is 4.39. The molecule has 3 aromatic rings. The zero-order valence-corrected chi connectivity index (χ0v) is 15.2. The molecule has 0 amide bonds. The summed E-state index contributed by atoms with van der Waals surface area (Å²) in [5, 5.41) is 1.78. The summed E-state index contributed by atoms with van der Waals surface area (Å²) in [5.41, 5.74) is 3.72. The minimum Gasteiger partial charge on any atom is -0.378 e. The first-order valence-electron chi connectivity index (χ1n) is 7.76. The summed E-state index contributed by atoms with van der Waals surface area (Å²) in [6, 6.07) is 11.9. The summed E-state index contributed by atoms with van der Waals surface area (Å²) in [5.74, 6) is 0. The summed E-state index contributed by atoms with van der Waals surface area (Å²) < 4.78 is 6.43. The monoisotopic (exact) mass is 403 g/mol. The fourth-order valence-corrected chi connectivity index (χ4v) is 3.31. The van der Waals surface area contributed by atoms with Crippen LogP contribution in [0.15, 0.2) is 47.1 Å². The van der Waals surface area contributed by atoms with E-state index in [0.717, 1.165) is 58.8 Å². The Balaban J connectivity index is 1.89. The number of hydrogen-bond donors (Lipinski definition) is 0. The Hall–Kier alpha value is -1.69. The summed E-state index contributed by atoms with van der Waals surface area (Å²) in [4.78, 5) is 11.6. The molecule has 1 fully saturated rings. The van der Waals surface area contributed by atoms with Gasteiger partial charge in [-0.2, -0.15) is 0 Å². The average molecular weight is 405 g/mol. The number of fused-ring (bicyclic) bond motifs is 1. The Morgan fingerprint density at radius 3 is 2.62 bits per heavy atom. The Morgan fingerprint density at radius 2 is 1.88 bits per heavy atom. The number of pyridine rings is 2. The van der Waals surface area contributed by atoms with Crippen LogP contribution in [0.5, 0.6) is 0 Å². The zero-order chi connectivity index (χ0) is 16.5. The number of morpholine rings is 1. The van der Waals surface area contributed by atoms with Gasteiger partial charge in [0.1, 0.15) is 0 Å². The van der Waals surface area contributed by atoms with E-state index in [1.165, 1.54) is 0 Å². The van der Waals surface area contributed by atoms with Gasteiger partial charge in [0.25, 0.3) is 0 Å². The minimum atomic E-state index is 0.684. The van der Waals surface area contributed by atoms with Crippen molar-refractivity contribution in [1.29, 1.82) is 0 Å². The van der Waals surface area contributed by atoms with E-state index in [2.05, 4.69) is 31.9 Å². The van der Waals surface area contributed by atoms with Crippen LogP contribution in [0.1, 0.15) is 0 Å². The number of halogens is 2. The van der Waals surface area contributed by atoms with Crippen LogP contribution in [0.4, 0.5) is 5.69 Å². The molecule has 6 heteroatoms. The van der Waals surface area contributed by atoms with Crippen molar-refractivity contribution in [2.45, 2.75) is 0 Å². The number of aromatic nitrogens is 2. The third-order valence-electron chi connectivity index (χ3n) is 4.09. The number of nitrogens with zero attached hydrogens (tertiary/aromatic N) is 3. The van der Waals surface area contributed by atoms with Gasteiger partial charge in [-0.15, -0.1) is 0 Å². The van der Waals surface area contributed by atoms with Gasteiger partial charge in [0.15, 0.2) is 0 Å². The summed E-state index contributed by atoms with van der Waals surface area (Å²) in [6.07, 6.45) is 1.79. The van der Waals surface area contributed by atoms with Crippen LogP contribution in [-0.4, -0.2) is 36.3 Å². The third-order valence-corrected chi connectivity index (χ3v) is 4.80. The summed E-state index contributed by atoms with van der Waals surface area (Å²) in [6.45, 7) is 3.22. The van der Waals surface area contributed by atoms with E-state index in [9.17, 15) is 0 Å². The standard InChI is InChI=1S/C18H15BrClN3O/c19-12-1-4-15(21-11-12)17-10-18(23-5-7-24-8-6-23)14-3-2-13(20)9-16(14)22-17/h1-4,9-11H,5-8H2. The highest BCUT2D eigenvalue weighted by atomic mass is 79.9. The lowest BCUT2D eigenvalue weighted by Gasteiger charge is -2.30. The van der Waals surface area contributed by atoms with E-state index in [-0.39, 0.29) is 0 Å². The maximum Gasteiger partial charge on any atom is 0.0914 e. The van der Waals surface area contributed by atoms with Crippen molar-refractivity contribution in [1.82, 2.24) is 9.97 Å². The van der Waals surface area contributed by atoms with Gasteiger partial charge in [-0.05, 0) is 52.3 Å². The lowest BCUT2D eigenvalue weighted by Crippen LogP contribution is -2.36. The molecule has 3 heterocycles. The van der Waals surface area contributed by atoms with Crippen molar-refractivity contribution in [3.8, 4) is 11.4 Å². The SMILES string of the molecule is Clc1ccc2c(N3CCOCC3)cc(-c3ccc(Br)cn3)nc2c1. The van der Waals surface area contributed by atoms with Gasteiger partial charge >= 0.3 is 0 Å². The van der Waals surface area contributed by atoms with E-state index < -0.39 is 0 Å². The smallest absolute Gasteiger partial charge is 0.0914 e. The van der Waals surface area contributed by atoms with Crippen molar-refractivity contribution in [3.63, 3.8) is 0 Å². The molecule has 0 radical (unpaired) electrons. The summed E-state index contributed by atoms with van der Waals surface area (Å²) >= 11 is 9.60. The summed E-state index contributed by atoms with van der Waals surface area (Å²) in [7, 11) is 0. The van der Waals surface area contributed by atoms with Crippen LogP contribution in [0.3, 0.4) is 0 Å². The number of hydrogen-bond acceptors (Lipinski definition) is 4. The highest BCUT2D eigenvalue weighted by Crippen LogP contribution is 2.32. The predicted octanol–water partition coefficient (Wildman–Crippen LogP) is 4.55. The van der Waals surface area contributed by atoms with Crippen molar-refractivity contribution in [2.24, 2.45) is 0 Å². The molecular formula is C18H15BrClN3O. The molecule has 24 heavy (non-hydrogen) atoms. The van der Waals surface area contributed by atoms with Crippen LogP contribution >= 0.6 is 27.5 Å². The molecule has 0 spiro atoms. The van der Waals surface area contributed by atoms with E-state index in [0.29, 0.717) is 5.02 Å². The lowest BCUT2D eigenvalue weighted by atomic mass is 10.1. The second-order valence-corrected chi connectivity index (χ2v) is 7.00. The van der Waals surface area contributed by atoms with E-state index in [4.69, 9.17) is 21.3 Å². The van der Waals surface area contributed by atoms with Crippen LogP contribution in [-0.2, 0) is 4.74 Å². The van der Waals surface area contributed by atoms with Crippen LogP contribution < -0.4 is 4.90 Å². The molecular weight excluding hydrogens is 390 g/mol. The van der Waals surface area contributed by atoms with E-state index >= 15 is 0 Å². The van der Waals surface area contributed by atoms with Crippen LogP contribution in [0.25, 0.3) is 22.3 Å². The van der Waals surface area contributed by atoms with Crippen LogP contribution in [0, 0.1) is 0 Å². The number of ether oxygens (including phenoxy) is 1. The third kappa shape index (κ3) is 3.11. The topological polar surface area (TPSA) is 38.2 Å². The van der Waals surface area contributed by atoms with E-state index in [1.54, 1.807) is 6.20 Å². The Bertz CT molecular complexity index is 879. The first kappa shape index (κ1) is 15.8. The van der Waals surface area contributed by atoms with Crippen molar-refractivity contribution in [3.05, 3.63) is 52.1 Å². The van der Waals surface area contributed by atoms with Crippen molar-refractivity contribution >= 4 is 44.1 Å². The number of rotatable bonds is 2. The predicted molar refractivity (Wildman–Crippen MR) is 101 cm³/mol. The fourth-order valence-electron chi connectivity index (χ4n) is 2.91. The molecule has 0 atom stereocenters. The Morgan fingerprint density at radius 1 is 1.04 bits per heavy atom. The second-order valence-electron chi connectivity index (χ2n) is 5.65. The van der Waals surface area contributed by atoms with Crippen LogP contribution in [0.2, 0.25) is 5.02 Å². The van der Waals surface area contributed by atoms with Gasteiger partial charge in [0, 0.05) is 39.9 Å². The molecule has 1 aromatic carbocycles. The molecule has 0 unspecified atom stereocenters. The van der Waals surface area contributed by atoms with E-state index in [1.807, 2.05) is 30.3 Å². The lowest BCUT2D eigenvalue weighted by molar-refractivity contribution is 0.123. The molecule has 2 aromatic heterocycles. The largest absolute Gasteiger partial charge is 0.378 e. The highest BCUT2D eigenvalue weighted by Gasteiger charge is 2.17. The second kappa shape index (κ2) is 6.67. The van der Waals surface area contributed by atoms with Gasteiger partial charge in [-0.25, -0.2) is 4.98 Å². The highest BCUT2D eigenvalue weighted by molar-refractivity contribution is 9.10. The van der Waals surface area contributed by atoms with Crippen molar-refractivity contribution in [2.75, 3.05) is 31.2 Å². The fraction of sp³-hybridized carbons (Fsp3) is 0.222.